The van der Waals surface area contributed by atoms with Crippen molar-refractivity contribution in [3.05, 3.63) is 82.9 Å². The Kier molecular flexibility index (Phi) is 9.90. The van der Waals surface area contributed by atoms with Gasteiger partial charge in [0, 0.05) is 0 Å². The summed E-state index contributed by atoms with van der Waals surface area (Å²) < 4.78 is 39.8. The minimum absolute atomic E-state index is 0.106. The van der Waals surface area contributed by atoms with Crippen LogP contribution in [0.5, 0.6) is 11.5 Å². The lowest BCUT2D eigenvalue weighted by Gasteiger charge is -2.25. The highest BCUT2D eigenvalue weighted by molar-refractivity contribution is 7.92. The average Bonchev–Trinajstić information content (AvgIpc) is 2.89. The van der Waals surface area contributed by atoms with Crippen LogP contribution in [0.4, 0.5) is 5.69 Å². The molecule has 0 unspecified atom stereocenters. The number of carbonyl (C=O) groups excluding carboxylic acids is 1. The van der Waals surface area contributed by atoms with Crippen LogP contribution in [0.15, 0.2) is 70.7 Å². The highest BCUT2D eigenvalue weighted by Gasteiger charge is 2.28. The minimum atomic E-state index is -4.02. The molecule has 3 aromatic rings. The van der Waals surface area contributed by atoms with Gasteiger partial charge < -0.3 is 9.47 Å². The molecule has 0 fully saturated rings. The summed E-state index contributed by atoms with van der Waals surface area (Å²) in [6.07, 6.45) is 2.35. The summed E-state index contributed by atoms with van der Waals surface area (Å²) in [5.41, 5.74) is 6.13. The quantitative estimate of drug-likeness (QED) is 0.255. The van der Waals surface area contributed by atoms with Crippen LogP contribution in [0.1, 0.15) is 42.5 Å². The Balaban J connectivity index is 1.82. The third-order valence-corrected chi connectivity index (χ3v) is 7.44. The van der Waals surface area contributed by atoms with Crippen molar-refractivity contribution in [2.24, 2.45) is 5.10 Å². The standard InChI is InChI=1S/C29H35N3O5S/c1-6-16-37-27-15-12-24(18-28(27)36-7-2)19-30-31-29(33)20-32(26-17-22(4)8-11-23(26)5)38(34,35)25-13-9-21(3)10-14-25/h8-15,17-19H,6-7,16,20H2,1-5H3,(H,31,33)/b30-19-. The average molecular weight is 538 g/mol. The summed E-state index contributed by atoms with van der Waals surface area (Å²) in [5, 5.41) is 4.05. The van der Waals surface area contributed by atoms with Gasteiger partial charge >= 0.3 is 0 Å². The zero-order valence-corrected chi connectivity index (χ0v) is 23.3. The number of benzene rings is 3. The van der Waals surface area contributed by atoms with Gasteiger partial charge in [0.2, 0.25) is 0 Å². The molecule has 0 atom stereocenters. The topological polar surface area (TPSA) is 97.3 Å². The number of sulfonamides is 1. The summed E-state index contributed by atoms with van der Waals surface area (Å²) in [5.74, 6) is 0.646. The first kappa shape index (κ1) is 28.7. The molecule has 38 heavy (non-hydrogen) atoms. The number of ether oxygens (including phenoxy) is 2. The molecule has 1 N–H and O–H groups in total. The highest BCUT2D eigenvalue weighted by Crippen LogP contribution is 2.29. The largest absolute Gasteiger partial charge is 0.490 e. The first-order chi connectivity index (χ1) is 18.1. The molecule has 9 heteroatoms. The molecule has 8 nitrogen and oxygen atoms in total. The monoisotopic (exact) mass is 537 g/mol. The number of hydrazone groups is 1. The molecule has 3 rings (SSSR count). The Hall–Kier alpha value is -3.85. The van der Waals surface area contributed by atoms with Crippen molar-refractivity contribution in [3.8, 4) is 11.5 Å². The number of nitrogens with one attached hydrogen (secondary N) is 1. The van der Waals surface area contributed by atoms with Gasteiger partial charge in [-0.05, 0) is 87.2 Å². The second kappa shape index (κ2) is 13.1. The Morgan fingerprint density at radius 2 is 1.63 bits per heavy atom. The number of nitrogens with zero attached hydrogens (tertiary/aromatic N) is 2. The van der Waals surface area contributed by atoms with Gasteiger partial charge in [0.15, 0.2) is 11.5 Å². The summed E-state index contributed by atoms with van der Waals surface area (Å²) >= 11 is 0. The maximum atomic E-state index is 13.6. The van der Waals surface area contributed by atoms with Crippen molar-refractivity contribution >= 4 is 27.8 Å². The van der Waals surface area contributed by atoms with Crippen LogP contribution in [0.2, 0.25) is 0 Å². The van der Waals surface area contributed by atoms with Gasteiger partial charge in [-0.25, -0.2) is 13.8 Å². The SMILES string of the molecule is CCCOc1ccc(/C=N\NC(=O)CN(c2cc(C)ccc2C)S(=O)(=O)c2ccc(C)cc2)cc1OCC. The lowest BCUT2D eigenvalue weighted by Crippen LogP contribution is -2.40. The number of aryl methyl sites for hydroxylation is 3. The Labute approximate surface area is 225 Å². The molecule has 3 aromatic carbocycles. The van der Waals surface area contributed by atoms with Crippen LogP contribution in [-0.2, 0) is 14.8 Å². The predicted octanol–water partition coefficient (Wildman–Crippen LogP) is 5.14. The first-order valence-corrected chi connectivity index (χ1v) is 14.0. The normalized spacial score (nSPS) is 11.4. The van der Waals surface area contributed by atoms with E-state index in [-0.39, 0.29) is 4.90 Å². The van der Waals surface area contributed by atoms with E-state index in [1.54, 1.807) is 48.5 Å². The summed E-state index contributed by atoms with van der Waals surface area (Å²) in [6, 6.07) is 17.4. The van der Waals surface area contributed by atoms with Crippen LogP contribution in [0.25, 0.3) is 0 Å². The molecule has 0 aliphatic carbocycles. The zero-order chi connectivity index (χ0) is 27.7. The van der Waals surface area contributed by atoms with Gasteiger partial charge in [-0.1, -0.05) is 36.8 Å². The van der Waals surface area contributed by atoms with E-state index in [0.717, 1.165) is 27.4 Å². The summed E-state index contributed by atoms with van der Waals surface area (Å²) in [6.45, 7) is 10.1. The third kappa shape index (κ3) is 7.35. The van der Waals surface area contributed by atoms with E-state index in [9.17, 15) is 13.2 Å². The number of rotatable bonds is 12. The third-order valence-electron chi connectivity index (χ3n) is 5.66. The summed E-state index contributed by atoms with van der Waals surface area (Å²) in [4.78, 5) is 13.0. The van der Waals surface area contributed by atoms with Gasteiger partial charge in [-0.3, -0.25) is 9.10 Å². The van der Waals surface area contributed by atoms with Gasteiger partial charge in [0.05, 0.1) is 30.0 Å². The second-order valence-electron chi connectivity index (χ2n) is 8.90. The van der Waals surface area contributed by atoms with Gasteiger partial charge in [-0.15, -0.1) is 0 Å². The number of amides is 1. The molecule has 0 heterocycles. The van der Waals surface area contributed by atoms with Crippen LogP contribution >= 0.6 is 0 Å². The maximum absolute atomic E-state index is 13.6. The van der Waals surface area contributed by atoms with Crippen molar-refractivity contribution < 1.29 is 22.7 Å². The van der Waals surface area contributed by atoms with Gasteiger partial charge in [-0.2, -0.15) is 5.10 Å². The van der Waals surface area contributed by atoms with Crippen molar-refractivity contribution in [1.29, 1.82) is 0 Å². The molecule has 0 saturated heterocycles. The molecule has 0 radical (unpaired) electrons. The fraction of sp³-hybridized carbons (Fsp3) is 0.310. The molecule has 1 amide bonds. The highest BCUT2D eigenvalue weighted by atomic mass is 32.2. The van der Waals surface area contributed by atoms with Crippen LogP contribution < -0.4 is 19.2 Å². The van der Waals surface area contributed by atoms with E-state index in [4.69, 9.17) is 9.47 Å². The van der Waals surface area contributed by atoms with E-state index < -0.39 is 22.5 Å². The summed E-state index contributed by atoms with van der Waals surface area (Å²) in [7, 11) is -4.02. The Bertz CT molecular complexity index is 1390. The van der Waals surface area contributed by atoms with E-state index in [1.807, 2.05) is 46.8 Å². The lowest BCUT2D eigenvalue weighted by atomic mass is 10.1. The van der Waals surface area contributed by atoms with Gasteiger partial charge in [0.1, 0.15) is 6.54 Å². The van der Waals surface area contributed by atoms with Crippen LogP contribution in [0, 0.1) is 20.8 Å². The number of anilines is 1. The smallest absolute Gasteiger partial charge is 0.264 e. The van der Waals surface area contributed by atoms with Crippen LogP contribution in [-0.4, -0.2) is 40.3 Å². The molecule has 0 bridgehead atoms. The molecule has 202 valence electrons. The molecule has 0 spiro atoms. The van der Waals surface area contributed by atoms with Crippen molar-refractivity contribution in [3.63, 3.8) is 0 Å². The second-order valence-corrected chi connectivity index (χ2v) is 10.8. The Morgan fingerprint density at radius 1 is 0.921 bits per heavy atom. The van der Waals surface area contributed by atoms with Crippen LogP contribution in [0.3, 0.4) is 0 Å². The molecule has 0 saturated carbocycles. The zero-order valence-electron chi connectivity index (χ0n) is 22.5. The lowest BCUT2D eigenvalue weighted by molar-refractivity contribution is -0.119. The number of hydrogen-bond donors (Lipinski definition) is 1. The maximum Gasteiger partial charge on any atom is 0.264 e. The predicted molar refractivity (Wildman–Crippen MR) is 151 cm³/mol. The first-order valence-electron chi connectivity index (χ1n) is 12.5. The minimum Gasteiger partial charge on any atom is -0.490 e. The fourth-order valence-corrected chi connectivity index (χ4v) is 5.15. The van der Waals surface area contributed by atoms with E-state index in [2.05, 4.69) is 10.5 Å². The number of carbonyl (C=O) groups is 1. The molecule has 0 aliphatic heterocycles. The van der Waals surface area contributed by atoms with Crippen molar-refractivity contribution in [2.45, 2.75) is 45.9 Å². The molecule has 0 aromatic heterocycles. The number of hydrogen-bond acceptors (Lipinski definition) is 6. The van der Waals surface area contributed by atoms with E-state index in [0.29, 0.717) is 36.0 Å². The fourth-order valence-electron chi connectivity index (χ4n) is 3.67. The van der Waals surface area contributed by atoms with Crippen molar-refractivity contribution in [2.75, 3.05) is 24.1 Å². The van der Waals surface area contributed by atoms with Gasteiger partial charge in [0.25, 0.3) is 15.9 Å². The molecular weight excluding hydrogens is 502 g/mol. The van der Waals surface area contributed by atoms with E-state index >= 15 is 0 Å². The molecule has 0 aliphatic rings. The Morgan fingerprint density at radius 3 is 2.32 bits per heavy atom. The van der Waals surface area contributed by atoms with Crippen molar-refractivity contribution in [1.82, 2.24) is 5.43 Å². The molecular formula is C29H35N3O5S. The van der Waals surface area contributed by atoms with E-state index in [1.165, 1.54) is 6.21 Å².